The second-order valence-electron chi connectivity index (χ2n) is 8.92. The van der Waals surface area contributed by atoms with Gasteiger partial charge in [0.25, 0.3) is 5.91 Å². The molecule has 0 fully saturated rings. The molecule has 0 saturated heterocycles. The molecule has 0 unspecified atom stereocenters. The van der Waals surface area contributed by atoms with Gasteiger partial charge < -0.3 is 24.3 Å². The van der Waals surface area contributed by atoms with Crippen molar-refractivity contribution in [2.75, 3.05) is 20.8 Å². The van der Waals surface area contributed by atoms with Crippen molar-refractivity contribution in [3.8, 4) is 34.4 Å². The number of nitrogens with one attached hydrogen (secondary N) is 1. The summed E-state index contributed by atoms with van der Waals surface area (Å²) in [5, 5.41) is 12.0. The Bertz CT molecular complexity index is 1130. The van der Waals surface area contributed by atoms with Gasteiger partial charge in [0.05, 0.1) is 19.6 Å². The van der Waals surface area contributed by atoms with Gasteiger partial charge in [-0.05, 0) is 63.1 Å². The van der Waals surface area contributed by atoms with Crippen molar-refractivity contribution >= 4 is 11.9 Å². The van der Waals surface area contributed by atoms with Crippen LogP contribution in [0.15, 0.2) is 30.3 Å². The molecule has 1 heterocycles. The molecule has 8 heteroatoms. The maximum atomic E-state index is 12.7. The average molecular weight is 453 g/mol. The number of ether oxygens (including phenoxy) is 4. The largest absolute Gasteiger partial charge is 0.493 e. The number of amides is 1. The Morgan fingerprint density at radius 2 is 1.76 bits per heavy atom. The number of fused-ring (bicyclic) bond motifs is 1. The van der Waals surface area contributed by atoms with Crippen LogP contribution in [0.2, 0.25) is 0 Å². The van der Waals surface area contributed by atoms with Gasteiger partial charge >= 0.3 is 5.97 Å². The molecule has 1 N–H and O–H groups in total. The highest BCUT2D eigenvalue weighted by atomic mass is 16.6. The van der Waals surface area contributed by atoms with Crippen LogP contribution < -0.4 is 19.5 Å². The monoisotopic (exact) mass is 452 g/mol. The Hall–Kier alpha value is -3.73. The fraction of sp³-hybridized carbons (Fsp3) is 0.400. The van der Waals surface area contributed by atoms with Crippen molar-refractivity contribution < 1.29 is 28.5 Å². The number of hydrogen-bond acceptors (Lipinski definition) is 7. The number of hydrogen-bond donors (Lipinski definition) is 1. The summed E-state index contributed by atoms with van der Waals surface area (Å²) >= 11 is 0. The predicted molar refractivity (Wildman–Crippen MR) is 121 cm³/mol. The third-order valence-corrected chi connectivity index (χ3v) is 5.35. The van der Waals surface area contributed by atoms with E-state index in [2.05, 4.69) is 5.32 Å². The first-order chi connectivity index (χ1) is 15.5. The highest BCUT2D eigenvalue weighted by Crippen LogP contribution is 2.45. The van der Waals surface area contributed by atoms with E-state index >= 15 is 0 Å². The van der Waals surface area contributed by atoms with E-state index in [-0.39, 0.29) is 12.5 Å². The van der Waals surface area contributed by atoms with E-state index in [9.17, 15) is 14.9 Å². The zero-order valence-corrected chi connectivity index (χ0v) is 19.7. The smallest absolute Gasteiger partial charge is 0.316 e. The summed E-state index contributed by atoms with van der Waals surface area (Å²) in [5.41, 5.74) is 0.784. The fourth-order valence-corrected chi connectivity index (χ4v) is 3.37. The minimum Gasteiger partial charge on any atom is -0.493 e. The minimum atomic E-state index is -1.25. The zero-order valence-electron chi connectivity index (χ0n) is 19.7. The second-order valence-corrected chi connectivity index (χ2v) is 8.92. The minimum absolute atomic E-state index is 0.0329. The molecule has 2 aromatic rings. The van der Waals surface area contributed by atoms with Gasteiger partial charge in [-0.25, -0.2) is 0 Å². The van der Waals surface area contributed by atoms with Crippen molar-refractivity contribution in [1.29, 1.82) is 5.26 Å². The first-order valence-corrected chi connectivity index (χ1v) is 10.5. The molecule has 8 nitrogen and oxygen atoms in total. The summed E-state index contributed by atoms with van der Waals surface area (Å²) in [6.45, 7) is 6.84. The van der Waals surface area contributed by atoms with Crippen LogP contribution in [0.25, 0.3) is 11.1 Å². The normalized spacial score (nSPS) is 12.9. The summed E-state index contributed by atoms with van der Waals surface area (Å²) in [6, 6.07) is 11.1. The van der Waals surface area contributed by atoms with Crippen molar-refractivity contribution in [1.82, 2.24) is 5.32 Å². The highest BCUT2D eigenvalue weighted by molar-refractivity contribution is 5.99. The quantitative estimate of drug-likeness (QED) is 0.606. The van der Waals surface area contributed by atoms with Crippen LogP contribution >= 0.6 is 0 Å². The Labute approximate surface area is 193 Å². The summed E-state index contributed by atoms with van der Waals surface area (Å²) in [6.07, 6.45) is 0. The lowest BCUT2D eigenvalue weighted by Crippen LogP contribution is -2.38. The average Bonchev–Trinajstić information content (AvgIpc) is 3.16. The molecule has 0 spiro atoms. The van der Waals surface area contributed by atoms with Gasteiger partial charge in [-0.15, -0.1) is 0 Å². The van der Waals surface area contributed by atoms with Gasteiger partial charge in [0.1, 0.15) is 12.7 Å². The Morgan fingerprint density at radius 3 is 2.39 bits per heavy atom. The van der Waals surface area contributed by atoms with E-state index in [4.69, 9.17) is 18.9 Å². The standard InChI is InChI=1S/C25H28N2O6/c1-24(2,23(29)33-25(3,4)13-26)14-32-20-17(9-10-19(30-5)21(20)31-6)15-7-8-18-16(11-15)12-27-22(18)28/h7-11H,12,14H2,1-6H3,(H,27,28). The van der Waals surface area contributed by atoms with Crippen LogP contribution in [0.4, 0.5) is 0 Å². The molecule has 33 heavy (non-hydrogen) atoms. The molecule has 1 amide bonds. The van der Waals surface area contributed by atoms with Crippen LogP contribution in [0.3, 0.4) is 0 Å². The summed E-state index contributed by atoms with van der Waals surface area (Å²) in [5.74, 6) is 0.599. The predicted octanol–water partition coefficient (Wildman–Crippen LogP) is 3.86. The molecule has 0 saturated carbocycles. The first kappa shape index (κ1) is 23.9. The SMILES string of the molecule is COc1ccc(-c2ccc3c(c2)CNC3=O)c(OCC(C)(C)C(=O)OC(C)(C)C#N)c1OC. The Morgan fingerprint density at radius 1 is 1.06 bits per heavy atom. The van der Waals surface area contributed by atoms with E-state index in [0.717, 1.165) is 16.7 Å². The van der Waals surface area contributed by atoms with Gasteiger partial charge in [-0.2, -0.15) is 5.26 Å². The van der Waals surface area contributed by atoms with Gasteiger partial charge in [0, 0.05) is 17.7 Å². The lowest BCUT2D eigenvalue weighted by molar-refractivity contribution is -0.164. The van der Waals surface area contributed by atoms with Crippen LogP contribution in [0.1, 0.15) is 43.6 Å². The van der Waals surface area contributed by atoms with E-state index in [0.29, 0.717) is 29.4 Å². The number of nitriles is 1. The molecule has 1 aliphatic rings. The van der Waals surface area contributed by atoms with Crippen molar-refractivity contribution in [3.63, 3.8) is 0 Å². The molecule has 0 atom stereocenters. The molecule has 0 bridgehead atoms. The molecule has 3 rings (SSSR count). The van der Waals surface area contributed by atoms with Crippen LogP contribution in [0.5, 0.6) is 17.2 Å². The van der Waals surface area contributed by atoms with Crippen LogP contribution in [0, 0.1) is 16.7 Å². The molecule has 0 radical (unpaired) electrons. The van der Waals surface area contributed by atoms with Gasteiger partial charge in [-0.1, -0.05) is 6.07 Å². The zero-order chi connectivity index (χ0) is 24.4. The lowest BCUT2D eigenvalue weighted by atomic mass is 9.94. The fourth-order valence-electron chi connectivity index (χ4n) is 3.37. The third kappa shape index (κ3) is 4.87. The number of methoxy groups -OCH3 is 2. The summed E-state index contributed by atoms with van der Waals surface area (Å²) in [7, 11) is 3.04. The second kappa shape index (κ2) is 9.02. The summed E-state index contributed by atoms with van der Waals surface area (Å²) < 4.78 is 22.5. The van der Waals surface area contributed by atoms with Crippen molar-refractivity contribution in [3.05, 3.63) is 41.5 Å². The maximum absolute atomic E-state index is 12.7. The van der Waals surface area contributed by atoms with E-state index < -0.39 is 17.0 Å². The molecule has 174 valence electrons. The van der Waals surface area contributed by atoms with Crippen LogP contribution in [-0.4, -0.2) is 38.3 Å². The number of carbonyl (C=O) groups excluding carboxylic acids is 2. The molecular formula is C25H28N2O6. The van der Waals surface area contributed by atoms with E-state index in [1.807, 2.05) is 24.3 Å². The van der Waals surface area contributed by atoms with Crippen LogP contribution in [-0.2, 0) is 16.1 Å². The molecule has 1 aliphatic heterocycles. The maximum Gasteiger partial charge on any atom is 0.316 e. The highest BCUT2D eigenvalue weighted by Gasteiger charge is 2.36. The summed E-state index contributed by atoms with van der Waals surface area (Å²) in [4.78, 5) is 24.6. The van der Waals surface area contributed by atoms with Gasteiger partial charge in [0.15, 0.2) is 17.1 Å². The number of esters is 1. The van der Waals surface area contributed by atoms with E-state index in [1.54, 1.807) is 26.0 Å². The van der Waals surface area contributed by atoms with Crippen molar-refractivity contribution in [2.45, 2.75) is 39.8 Å². The number of benzene rings is 2. The Kier molecular flexibility index (Phi) is 6.54. The van der Waals surface area contributed by atoms with E-state index in [1.165, 1.54) is 28.1 Å². The molecule has 2 aromatic carbocycles. The van der Waals surface area contributed by atoms with Crippen molar-refractivity contribution in [2.24, 2.45) is 5.41 Å². The molecule has 0 aliphatic carbocycles. The lowest BCUT2D eigenvalue weighted by Gasteiger charge is -2.28. The Balaban J connectivity index is 1.98. The number of carbonyl (C=O) groups is 2. The first-order valence-electron chi connectivity index (χ1n) is 10.5. The molecule has 0 aromatic heterocycles. The topological polar surface area (TPSA) is 107 Å². The third-order valence-electron chi connectivity index (χ3n) is 5.35. The van der Waals surface area contributed by atoms with Gasteiger partial charge in [-0.3, -0.25) is 9.59 Å². The molecular weight excluding hydrogens is 424 g/mol. The number of nitrogens with zero attached hydrogens (tertiary/aromatic N) is 1. The van der Waals surface area contributed by atoms with Gasteiger partial charge in [0.2, 0.25) is 5.75 Å². The number of rotatable bonds is 8.